The summed E-state index contributed by atoms with van der Waals surface area (Å²) in [6.07, 6.45) is 0. The average molecular weight is 257 g/mol. The number of carbonyl (C=O) groups is 1. The van der Waals surface area contributed by atoms with Crippen molar-refractivity contribution in [3.63, 3.8) is 0 Å². The Labute approximate surface area is 105 Å². The van der Waals surface area contributed by atoms with Crippen molar-refractivity contribution < 1.29 is 18.3 Å². The number of methoxy groups -OCH3 is 1. The maximum absolute atomic E-state index is 13.0. The Kier molecular flexibility index (Phi) is 5.22. The van der Waals surface area contributed by atoms with Gasteiger partial charge in [-0.1, -0.05) is 19.9 Å². The van der Waals surface area contributed by atoms with Crippen LogP contribution in [0.5, 0.6) is 0 Å². The molecule has 0 fully saturated rings. The molecule has 1 rings (SSSR count). The second-order valence-corrected chi connectivity index (χ2v) is 4.37. The first-order chi connectivity index (χ1) is 8.45. The standard InChI is InChI=1S/C13H17F2NO2/c1-8(2)12(13(17)18-3)16-7-9-4-5-10(14)11(15)6-9/h4-6,8,12,16H,7H2,1-3H3. The zero-order chi connectivity index (χ0) is 13.7. The Morgan fingerprint density at radius 3 is 2.50 bits per heavy atom. The Bertz CT molecular complexity index is 421. The van der Waals surface area contributed by atoms with Crippen LogP contribution in [-0.4, -0.2) is 19.1 Å². The molecule has 0 heterocycles. The third-order valence-electron chi connectivity index (χ3n) is 2.63. The number of nitrogens with one attached hydrogen (secondary N) is 1. The van der Waals surface area contributed by atoms with Crippen molar-refractivity contribution in [2.45, 2.75) is 26.4 Å². The second kappa shape index (κ2) is 6.44. The summed E-state index contributed by atoms with van der Waals surface area (Å²) in [6, 6.07) is 3.18. The first-order valence-electron chi connectivity index (χ1n) is 5.70. The average Bonchev–Trinajstić information content (AvgIpc) is 2.33. The van der Waals surface area contributed by atoms with Crippen molar-refractivity contribution in [1.82, 2.24) is 5.32 Å². The molecule has 5 heteroatoms. The van der Waals surface area contributed by atoms with Gasteiger partial charge in [0.25, 0.3) is 0 Å². The molecule has 0 radical (unpaired) electrons. The van der Waals surface area contributed by atoms with Gasteiger partial charge in [-0.25, -0.2) is 8.78 Å². The molecule has 0 saturated carbocycles. The zero-order valence-electron chi connectivity index (χ0n) is 10.7. The van der Waals surface area contributed by atoms with Gasteiger partial charge in [0.1, 0.15) is 6.04 Å². The fourth-order valence-electron chi connectivity index (χ4n) is 1.60. The van der Waals surface area contributed by atoms with E-state index in [2.05, 4.69) is 10.1 Å². The summed E-state index contributed by atoms with van der Waals surface area (Å²) in [4.78, 5) is 11.5. The largest absolute Gasteiger partial charge is 0.468 e. The van der Waals surface area contributed by atoms with Crippen LogP contribution in [0.4, 0.5) is 8.78 Å². The van der Waals surface area contributed by atoms with E-state index in [0.717, 1.165) is 12.1 Å². The van der Waals surface area contributed by atoms with Gasteiger partial charge in [-0.2, -0.15) is 0 Å². The summed E-state index contributed by atoms with van der Waals surface area (Å²) < 4.78 is 30.4. The van der Waals surface area contributed by atoms with E-state index in [0.29, 0.717) is 5.56 Å². The number of esters is 1. The summed E-state index contributed by atoms with van der Waals surface area (Å²) in [5.41, 5.74) is 0.573. The smallest absolute Gasteiger partial charge is 0.323 e. The maximum Gasteiger partial charge on any atom is 0.323 e. The Morgan fingerprint density at radius 2 is 2.00 bits per heavy atom. The van der Waals surface area contributed by atoms with E-state index in [1.807, 2.05) is 13.8 Å². The fourth-order valence-corrected chi connectivity index (χ4v) is 1.60. The predicted molar refractivity (Wildman–Crippen MR) is 63.8 cm³/mol. The molecule has 1 atom stereocenters. The lowest BCUT2D eigenvalue weighted by Crippen LogP contribution is -2.41. The first kappa shape index (κ1) is 14.6. The van der Waals surface area contributed by atoms with Crippen LogP contribution in [0.25, 0.3) is 0 Å². The van der Waals surface area contributed by atoms with Crippen LogP contribution in [0.15, 0.2) is 18.2 Å². The minimum absolute atomic E-state index is 0.0442. The number of carbonyl (C=O) groups excluding carboxylic acids is 1. The summed E-state index contributed by atoms with van der Waals surface area (Å²) in [5, 5.41) is 2.97. The van der Waals surface area contributed by atoms with Crippen LogP contribution >= 0.6 is 0 Å². The molecule has 1 aromatic rings. The van der Waals surface area contributed by atoms with Gasteiger partial charge >= 0.3 is 5.97 Å². The lowest BCUT2D eigenvalue weighted by atomic mass is 10.0. The number of hydrogen-bond donors (Lipinski definition) is 1. The normalized spacial score (nSPS) is 12.6. The Balaban J connectivity index is 2.67. The van der Waals surface area contributed by atoms with E-state index in [9.17, 15) is 13.6 Å². The highest BCUT2D eigenvalue weighted by Crippen LogP contribution is 2.10. The zero-order valence-corrected chi connectivity index (χ0v) is 10.7. The van der Waals surface area contributed by atoms with Gasteiger partial charge < -0.3 is 10.1 Å². The van der Waals surface area contributed by atoms with Crippen molar-refractivity contribution in [2.75, 3.05) is 7.11 Å². The van der Waals surface area contributed by atoms with Gasteiger partial charge in [-0.3, -0.25) is 4.79 Å². The quantitative estimate of drug-likeness (QED) is 0.822. The summed E-state index contributed by atoms with van der Waals surface area (Å²) in [5.74, 6) is -2.10. The third kappa shape index (κ3) is 3.77. The summed E-state index contributed by atoms with van der Waals surface area (Å²) >= 11 is 0. The first-order valence-corrected chi connectivity index (χ1v) is 5.70. The number of halogens is 2. The molecule has 1 unspecified atom stereocenters. The van der Waals surface area contributed by atoms with Gasteiger partial charge in [-0.05, 0) is 23.6 Å². The fraction of sp³-hybridized carbons (Fsp3) is 0.462. The van der Waals surface area contributed by atoms with E-state index in [4.69, 9.17) is 0 Å². The molecule has 0 aliphatic rings. The molecule has 0 aliphatic carbocycles. The lowest BCUT2D eigenvalue weighted by Gasteiger charge is -2.19. The Morgan fingerprint density at radius 1 is 1.33 bits per heavy atom. The summed E-state index contributed by atoms with van der Waals surface area (Å²) in [7, 11) is 1.32. The highest BCUT2D eigenvalue weighted by Gasteiger charge is 2.22. The van der Waals surface area contributed by atoms with Crippen molar-refractivity contribution in [3.8, 4) is 0 Å². The summed E-state index contributed by atoms with van der Waals surface area (Å²) in [6.45, 7) is 4.02. The number of hydrogen-bond acceptors (Lipinski definition) is 3. The minimum atomic E-state index is -0.895. The molecular weight excluding hydrogens is 240 g/mol. The topological polar surface area (TPSA) is 38.3 Å². The molecule has 0 bridgehead atoms. The molecule has 1 aromatic carbocycles. The van der Waals surface area contributed by atoms with Crippen molar-refractivity contribution in [3.05, 3.63) is 35.4 Å². The van der Waals surface area contributed by atoms with E-state index < -0.39 is 17.7 Å². The minimum Gasteiger partial charge on any atom is -0.468 e. The highest BCUT2D eigenvalue weighted by molar-refractivity contribution is 5.75. The van der Waals surface area contributed by atoms with Gasteiger partial charge in [-0.15, -0.1) is 0 Å². The van der Waals surface area contributed by atoms with Crippen molar-refractivity contribution in [1.29, 1.82) is 0 Å². The Hall–Kier alpha value is -1.49. The molecule has 0 amide bonds. The van der Waals surface area contributed by atoms with Gasteiger partial charge in [0, 0.05) is 6.54 Å². The van der Waals surface area contributed by atoms with E-state index in [1.165, 1.54) is 13.2 Å². The molecule has 0 aliphatic heterocycles. The molecule has 18 heavy (non-hydrogen) atoms. The van der Waals surface area contributed by atoms with E-state index in [-0.39, 0.29) is 18.4 Å². The van der Waals surface area contributed by atoms with Crippen LogP contribution in [0, 0.1) is 17.6 Å². The lowest BCUT2D eigenvalue weighted by molar-refractivity contribution is -0.144. The van der Waals surface area contributed by atoms with Crippen LogP contribution < -0.4 is 5.32 Å². The maximum atomic E-state index is 13.0. The highest BCUT2D eigenvalue weighted by atomic mass is 19.2. The van der Waals surface area contributed by atoms with Crippen molar-refractivity contribution >= 4 is 5.97 Å². The molecular formula is C13H17F2NO2. The van der Waals surface area contributed by atoms with Crippen LogP contribution in [0.1, 0.15) is 19.4 Å². The molecule has 100 valence electrons. The van der Waals surface area contributed by atoms with E-state index in [1.54, 1.807) is 0 Å². The number of ether oxygens (including phenoxy) is 1. The number of benzene rings is 1. The SMILES string of the molecule is COC(=O)C(NCc1ccc(F)c(F)c1)C(C)C. The van der Waals surface area contributed by atoms with Gasteiger partial charge in [0.2, 0.25) is 0 Å². The van der Waals surface area contributed by atoms with Gasteiger partial charge in [0.15, 0.2) is 11.6 Å². The molecule has 3 nitrogen and oxygen atoms in total. The van der Waals surface area contributed by atoms with Crippen molar-refractivity contribution in [2.24, 2.45) is 5.92 Å². The third-order valence-corrected chi connectivity index (χ3v) is 2.63. The molecule has 1 N–H and O–H groups in total. The number of rotatable bonds is 5. The monoisotopic (exact) mass is 257 g/mol. The van der Waals surface area contributed by atoms with Gasteiger partial charge in [0.05, 0.1) is 7.11 Å². The predicted octanol–water partition coefficient (Wildman–Crippen LogP) is 2.25. The molecule has 0 saturated heterocycles. The van der Waals surface area contributed by atoms with Crippen LogP contribution in [-0.2, 0) is 16.1 Å². The second-order valence-electron chi connectivity index (χ2n) is 4.37. The van der Waals surface area contributed by atoms with E-state index >= 15 is 0 Å². The van der Waals surface area contributed by atoms with Crippen LogP contribution in [0.3, 0.4) is 0 Å². The molecule has 0 aromatic heterocycles. The molecule has 0 spiro atoms. The van der Waals surface area contributed by atoms with Crippen LogP contribution in [0.2, 0.25) is 0 Å².